The van der Waals surface area contributed by atoms with Gasteiger partial charge in [0.05, 0.1) is 11.4 Å². The van der Waals surface area contributed by atoms with Gasteiger partial charge in [0.2, 0.25) is 0 Å². The number of ether oxygens (including phenoxy) is 3. The van der Waals surface area contributed by atoms with Crippen LogP contribution in [0, 0.1) is 6.92 Å². The monoisotopic (exact) mass is 509 g/mol. The molecule has 0 saturated carbocycles. The summed E-state index contributed by atoms with van der Waals surface area (Å²) in [4.78, 5) is 26.8. The summed E-state index contributed by atoms with van der Waals surface area (Å²) < 4.78 is 17.2. The standard InChI is InChI=1S/C27H24ClNO5S/c1-19-6-10-22(11-7-19)33-16-17-34-24-5-3-2-4-20(24)18-25-26(30)29(27(31)35-25)14-15-32-23-12-8-21(28)9-13-23/h2-13,18H,14-17H2,1H3/b25-18-. The Labute approximate surface area is 213 Å². The van der Waals surface area contributed by atoms with Gasteiger partial charge in [-0.3, -0.25) is 14.5 Å². The lowest BCUT2D eigenvalue weighted by Gasteiger charge is -2.13. The summed E-state index contributed by atoms with van der Waals surface area (Å²) in [6.07, 6.45) is 1.68. The molecule has 1 aliphatic rings. The summed E-state index contributed by atoms with van der Waals surface area (Å²) in [6.45, 7) is 3.07. The van der Waals surface area contributed by atoms with Gasteiger partial charge in [-0.2, -0.15) is 0 Å². The van der Waals surface area contributed by atoms with Crippen molar-refractivity contribution in [2.75, 3.05) is 26.4 Å². The van der Waals surface area contributed by atoms with E-state index in [9.17, 15) is 9.59 Å². The number of thioether (sulfide) groups is 1. The van der Waals surface area contributed by atoms with Crippen LogP contribution in [0.5, 0.6) is 17.2 Å². The molecule has 0 aromatic heterocycles. The van der Waals surface area contributed by atoms with Crippen molar-refractivity contribution in [3.63, 3.8) is 0 Å². The third kappa shape index (κ3) is 6.81. The maximum Gasteiger partial charge on any atom is 0.293 e. The van der Waals surface area contributed by atoms with E-state index in [4.69, 9.17) is 25.8 Å². The molecule has 0 bridgehead atoms. The van der Waals surface area contributed by atoms with Gasteiger partial charge in [0.25, 0.3) is 11.1 Å². The number of hydrogen-bond donors (Lipinski definition) is 0. The van der Waals surface area contributed by atoms with Gasteiger partial charge < -0.3 is 14.2 Å². The molecule has 0 radical (unpaired) electrons. The summed E-state index contributed by atoms with van der Waals surface area (Å²) in [5.41, 5.74) is 1.88. The van der Waals surface area contributed by atoms with E-state index in [-0.39, 0.29) is 24.3 Å². The molecular formula is C27H24ClNO5S. The first-order valence-corrected chi connectivity index (χ1v) is 12.2. The predicted octanol–water partition coefficient (Wildman–Crippen LogP) is 6.22. The molecule has 35 heavy (non-hydrogen) atoms. The lowest BCUT2D eigenvalue weighted by Crippen LogP contribution is -2.32. The van der Waals surface area contributed by atoms with Crippen LogP contribution in [-0.2, 0) is 4.79 Å². The van der Waals surface area contributed by atoms with Crippen LogP contribution in [-0.4, -0.2) is 42.4 Å². The maximum absolute atomic E-state index is 12.8. The van der Waals surface area contributed by atoms with Crippen molar-refractivity contribution in [1.82, 2.24) is 4.90 Å². The van der Waals surface area contributed by atoms with Crippen LogP contribution in [0.4, 0.5) is 4.79 Å². The predicted molar refractivity (Wildman–Crippen MR) is 138 cm³/mol. The Kier molecular flexibility index (Phi) is 8.34. The summed E-state index contributed by atoms with van der Waals surface area (Å²) >= 11 is 6.78. The summed E-state index contributed by atoms with van der Waals surface area (Å²) in [6, 6.07) is 22.1. The summed E-state index contributed by atoms with van der Waals surface area (Å²) in [7, 11) is 0. The number of benzene rings is 3. The number of para-hydroxylation sites is 1. The molecule has 3 aromatic carbocycles. The van der Waals surface area contributed by atoms with Gasteiger partial charge in [0, 0.05) is 10.6 Å². The van der Waals surface area contributed by atoms with Gasteiger partial charge >= 0.3 is 0 Å². The quantitative estimate of drug-likeness (QED) is 0.239. The first-order valence-electron chi connectivity index (χ1n) is 11.0. The molecule has 1 fully saturated rings. The Morgan fingerprint density at radius 2 is 1.46 bits per heavy atom. The highest BCUT2D eigenvalue weighted by Gasteiger charge is 2.35. The fourth-order valence-corrected chi connectivity index (χ4v) is 4.28. The van der Waals surface area contributed by atoms with Gasteiger partial charge in [-0.05, 0) is 67.2 Å². The molecule has 1 saturated heterocycles. The fourth-order valence-electron chi connectivity index (χ4n) is 3.30. The first-order chi connectivity index (χ1) is 17.0. The summed E-state index contributed by atoms with van der Waals surface area (Å²) in [5, 5.41) is 0.280. The smallest absolute Gasteiger partial charge is 0.293 e. The molecule has 0 atom stereocenters. The minimum Gasteiger partial charge on any atom is -0.492 e. The van der Waals surface area contributed by atoms with Crippen molar-refractivity contribution >= 4 is 40.6 Å². The number of rotatable bonds is 10. The van der Waals surface area contributed by atoms with Gasteiger partial charge in [-0.1, -0.05) is 47.5 Å². The number of carbonyl (C=O) groups is 2. The number of carbonyl (C=O) groups excluding carboxylic acids is 2. The van der Waals surface area contributed by atoms with E-state index in [0.29, 0.717) is 40.2 Å². The Bertz CT molecular complexity index is 1210. The average Bonchev–Trinajstić information content (AvgIpc) is 3.12. The molecule has 6 nitrogen and oxygen atoms in total. The van der Waals surface area contributed by atoms with Crippen molar-refractivity contribution in [3.05, 3.63) is 93.9 Å². The molecule has 180 valence electrons. The van der Waals surface area contributed by atoms with Crippen LogP contribution in [0.15, 0.2) is 77.7 Å². The van der Waals surface area contributed by atoms with Crippen LogP contribution in [0.25, 0.3) is 6.08 Å². The van der Waals surface area contributed by atoms with Gasteiger partial charge in [0.15, 0.2) is 0 Å². The van der Waals surface area contributed by atoms with E-state index in [1.54, 1.807) is 30.3 Å². The molecule has 2 amide bonds. The number of imide groups is 1. The Hall–Kier alpha value is -3.42. The Balaban J connectivity index is 1.32. The zero-order valence-electron chi connectivity index (χ0n) is 19.1. The first kappa shape index (κ1) is 24.7. The van der Waals surface area contributed by atoms with Crippen LogP contribution < -0.4 is 14.2 Å². The number of hydrogen-bond acceptors (Lipinski definition) is 6. The molecule has 0 unspecified atom stereocenters. The van der Waals surface area contributed by atoms with E-state index >= 15 is 0 Å². The van der Waals surface area contributed by atoms with Crippen molar-refractivity contribution in [3.8, 4) is 17.2 Å². The second-order valence-electron chi connectivity index (χ2n) is 7.68. The van der Waals surface area contributed by atoms with E-state index in [2.05, 4.69) is 0 Å². The van der Waals surface area contributed by atoms with Crippen LogP contribution in [0.3, 0.4) is 0 Å². The molecule has 0 N–H and O–H groups in total. The lowest BCUT2D eigenvalue weighted by atomic mass is 10.2. The van der Waals surface area contributed by atoms with Gasteiger partial charge in [-0.15, -0.1) is 0 Å². The summed E-state index contributed by atoms with van der Waals surface area (Å²) in [5.74, 6) is 1.66. The molecule has 4 rings (SSSR count). The highest BCUT2D eigenvalue weighted by molar-refractivity contribution is 8.18. The van der Waals surface area contributed by atoms with E-state index in [1.165, 1.54) is 10.5 Å². The molecule has 0 spiro atoms. The van der Waals surface area contributed by atoms with E-state index in [1.807, 2.05) is 55.5 Å². The Morgan fingerprint density at radius 1 is 0.829 bits per heavy atom. The number of amides is 2. The molecule has 3 aromatic rings. The van der Waals surface area contributed by atoms with Gasteiger partial charge in [0.1, 0.15) is 37.1 Å². The van der Waals surface area contributed by atoms with E-state index in [0.717, 1.165) is 17.5 Å². The third-order valence-corrected chi connectivity index (χ3v) is 6.27. The SMILES string of the molecule is Cc1ccc(OCCOc2ccccc2/C=C2\SC(=O)N(CCOc3ccc(Cl)cc3)C2=O)cc1. The fraction of sp³-hybridized carbons (Fsp3) is 0.185. The van der Waals surface area contributed by atoms with Crippen LogP contribution in [0.2, 0.25) is 5.02 Å². The van der Waals surface area contributed by atoms with Crippen LogP contribution >= 0.6 is 23.4 Å². The molecular weight excluding hydrogens is 486 g/mol. The molecule has 1 aliphatic heterocycles. The molecule has 1 heterocycles. The largest absolute Gasteiger partial charge is 0.492 e. The van der Waals surface area contributed by atoms with Gasteiger partial charge in [-0.25, -0.2) is 0 Å². The number of halogens is 1. The molecule has 8 heteroatoms. The molecule has 0 aliphatic carbocycles. The lowest BCUT2D eigenvalue weighted by molar-refractivity contribution is -0.123. The van der Waals surface area contributed by atoms with Crippen molar-refractivity contribution < 1.29 is 23.8 Å². The Morgan fingerprint density at radius 3 is 2.20 bits per heavy atom. The number of aryl methyl sites for hydroxylation is 1. The normalized spacial score (nSPS) is 14.5. The zero-order valence-corrected chi connectivity index (χ0v) is 20.7. The zero-order chi connectivity index (χ0) is 24.6. The second kappa shape index (κ2) is 11.8. The highest BCUT2D eigenvalue weighted by atomic mass is 35.5. The topological polar surface area (TPSA) is 65.1 Å². The highest BCUT2D eigenvalue weighted by Crippen LogP contribution is 2.34. The minimum atomic E-state index is -0.350. The number of nitrogens with zero attached hydrogens (tertiary/aromatic N) is 1. The van der Waals surface area contributed by atoms with Crippen molar-refractivity contribution in [2.24, 2.45) is 0 Å². The maximum atomic E-state index is 12.8. The average molecular weight is 510 g/mol. The third-order valence-electron chi connectivity index (χ3n) is 5.11. The minimum absolute atomic E-state index is 0.152. The van der Waals surface area contributed by atoms with Crippen LogP contribution in [0.1, 0.15) is 11.1 Å². The van der Waals surface area contributed by atoms with Crippen molar-refractivity contribution in [1.29, 1.82) is 0 Å². The van der Waals surface area contributed by atoms with E-state index < -0.39 is 0 Å². The second-order valence-corrected chi connectivity index (χ2v) is 9.11. The van der Waals surface area contributed by atoms with Crippen molar-refractivity contribution in [2.45, 2.75) is 6.92 Å².